The van der Waals surface area contributed by atoms with Gasteiger partial charge in [0.1, 0.15) is 0 Å². The minimum atomic E-state index is -0.575. The molecule has 0 fully saturated rings. The van der Waals surface area contributed by atoms with Crippen LogP contribution in [-0.2, 0) is 5.41 Å². The van der Waals surface area contributed by atoms with Crippen molar-refractivity contribution in [1.82, 2.24) is 4.57 Å². The van der Waals surface area contributed by atoms with E-state index >= 15 is 0 Å². The van der Waals surface area contributed by atoms with Gasteiger partial charge in [-0.2, -0.15) is 0 Å². The van der Waals surface area contributed by atoms with Gasteiger partial charge in [0.15, 0.2) is 0 Å². The molecule has 15 rings (SSSR count). The second-order valence-electron chi connectivity index (χ2n) is 19.1. The normalized spacial score (nSPS) is 14.3. The first kappa shape index (κ1) is 39.7. The lowest BCUT2D eigenvalue weighted by Crippen LogP contribution is -2.32. The fourth-order valence-corrected chi connectivity index (χ4v) is 12.6. The van der Waals surface area contributed by atoms with Crippen LogP contribution in [0.2, 0.25) is 0 Å². The molecule has 2 aliphatic rings. The quantitative estimate of drug-likeness (QED) is 0.161. The molecule has 330 valence electrons. The lowest BCUT2D eigenvalue weighted by Gasteiger charge is -2.40. The van der Waals surface area contributed by atoms with Crippen molar-refractivity contribution in [2.45, 2.75) is 5.41 Å². The summed E-state index contributed by atoms with van der Waals surface area (Å²) in [5.41, 5.74) is 21.5. The SMILES string of the molecule is c1ccc(-c2ccc(N(c3cccc(-c4ccc5c(c4)c4ccccc4n5-c4ccccc4)c3)c3cccc4c3-c3ccccc3C43c4ccc5ccccc5c4-c4cccc5cccc3c45)cc2)cc1. The monoisotopic (exact) mass is 900 g/mol. The van der Waals surface area contributed by atoms with Gasteiger partial charge in [-0.05, 0) is 143 Å². The van der Waals surface area contributed by atoms with Crippen LogP contribution in [0.3, 0.4) is 0 Å². The topological polar surface area (TPSA) is 8.17 Å². The Bertz CT molecular complexity index is 4270. The maximum Gasteiger partial charge on any atom is 0.0726 e. The molecule has 0 saturated heterocycles. The lowest BCUT2D eigenvalue weighted by atomic mass is 9.61. The van der Waals surface area contributed by atoms with Crippen LogP contribution in [-0.4, -0.2) is 4.57 Å². The van der Waals surface area contributed by atoms with Gasteiger partial charge >= 0.3 is 0 Å². The van der Waals surface area contributed by atoms with Crippen molar-refractivity contribution >= 4 is 60.4 Å². The van der Waals surface area contributed by atoms with Gasteiger partial charge in [0.25, 0.3) is 0 Å². The number of rotatable bonds is 6. The standard InChI is InChI=1S/C69H44N2/c1-3-17-45(18-4-1)46-35-39-52(40-36-46)70(53-25-13-22-49(43-53)50-38-42-64-58(44-50)55-27-10-12-33-63(55)71(64)51-23-5-2-6-24-51)65-34-16-32-61-68(65)56-28-9-11-30-59(56)69(61)60-31-15-21-48-20-14-29-57(66(48)60)67-54-26-8-7-19-47(54)37-41-62(67)69/h1-44H. The first-order valence-corrected chi connectivity index (χ1v) is 24.7. The third-order valence-corrected chi connectivity index (χ3v) is 15.6. The van der Waals surface area contributed by atoms with Crippen LogP contribution in [0.4, 0.5) is 17.1 Å². The Hall–Kier alpha value is -9.24. The van der Waals surface area contributed by atoms with Crippen LogP contribution >= 0.6 is 0 Å². The summed E-state index contributed by atoms with van der Waals surface area (Å²) < 4.78 is 2.39. The maximum absolute atomic E-state index is 2.51. The number of aromatic nitrogens is 1. The molecule has 12 aromatic carbocycles. The van der Waals surface area contributed by atoms with Crippen LogP contribution in [0.1, 0.15) is 22.3 Å². The van der Waals surface area contributed by atoms with Crippen molar-refractivity contribution in [1.29, 1.82) is 0 Å². The highest BCUT2D eigenvalue weighted by atomic mass is 15.1. The highest BCUT2D eigenvalue weighted by Gasteiger charge is 2.51. The van der Waals surface area contributed by atoms with Gasteiger partial charge in [0.2, 0.25) is 0 Å². The van der Waals surface area contributed by atoms with Crippen molar-refractivity contribution in [3.05, 3.63) is 289 Å². The van der Waals surface area contributed by atoms with Crippen LogP contribution in [0, 0.1) is 0 Å². The van der Waals surface area contributed by atoms with Crippen molar-refractivity contribution in [3.63, 3.8) is 0 Å². The van der Waals surface area contributed by atoms with E-state index in [-0.39, 0.29) is 0 Å². The van der Waals surface area contributed by atoms with E-state index in [1.54, 1.807) is 0 Å². The van der Waals surface area contributed by atoms with E-state index in [4.69, 9.17) is 0 Å². The molecular formula is C69H44N2. The average Bonchev–Trinajstić information content (AvgIpc) is 3.94. The van der Waals surface area contributed by atoms with Gasteiger partial charge < -0.3 is 9.47 Å². The number of benzene rings is 12. The van der Waals surface area contributed by atoms with Gasteiger partial charge in [-0.1, -0.05) is 206 Å². The predicted octanol–water partition coefficient (Wildman–Crippen LogP) is 18.2. The fourth-order valence-electron chi connectivity index (χ4n) is 12.6. The van der Waals surface area contributed by atoms with Gasteiger partial charge in [-0.3, -0.25) is 0 Å². The lowest BCUT2D eigenvalue weighted by molar-refractivity contribution is 0.775. The zero-order valence-electron chi connectivity index (χ0n) is 38.8. The van der Waals surface area contributed by atoms with Crippen LogP contribution < -0.4 is 4.90 Å². The largest absolute Gasteiger partial charge is 0.310 e. The summed E-state index contributed by atoms with van der Waals surface area (Å²) in [5.74, 6) is 0. The Labute approximate surface area is 412 Å². The molecule has 0 radical (unpaired) electrons. The molecule has 2 aliphatic carbocycles. The molecule has 2 nitrogen and oxygen atoms in total. The van der Waals surface area contributed by atoms with Crippen molar-refractivity contribution in [2.24, 2.45) is 0 Å². The molecule has 1 heterocycles. The molecule has 71 heavy (non-hydrogen) atoms. The van der Waals surface area contributed by atoms with Gasteiger partial charge in [-0.25, -0.2) is 0 Å². The number of hydrogen-bond donors (Lipinski definition) is 0. The second kappa shape index (κ2) is 15.4. The number of nitrogens with zero attached hydrogens (tertiary/aromatic N) is 2. The first-order valence-electron chi connectivity index (χ1n) is 24.7. The molecule has 0 saturated carbocycles. The number of anilines is 3. The first-order chi connectivity index (χ1) is 35.2. The molecule has 0 bridgehead atoms. The fraction of sp³-hybridized carbons (Fsp3) is 0.0145. The molecule has 1 atom stereocenters. The van der Waals surface area contributed by atoms with E-state index in [2.05, 4.69) is 276 Å². The minimum Gasteiger partial charge on any atom is -0.310 e. The molecule has 1 unspecified atom stereocenters. The summed E-state index contributed by atoms with van der Waals surface area (Å²) in [6.07, 6.45) is 0. The van der Waals surface area contributed by atoms with Crippen LogP contribution in [0.5, 0.6) is 0 Å². The second-order valence-corrected chi connectivity index (χ2v) is 19.1. The van der Waals surface area contributed by atoms with Crippen molar-refractivity contribution < 1.29 is 0 Å². The predicted molar refractivity (Wildman–Crippen MR) is 298 cm³/mol. The highest BCUT2D eigenvalue weighted by Crippen LogP contribution is 2.64. The van der Waals surface area contributed by atoms with Gasteiger partial charge in [0.05, 0.1) is 22.1 Å². The maximum atomic E-state index is 2.51. The molecule has 1 aromatic heterocycles. The van der Waals surface area contributed by atoms with E-state index < -0.39 is 5.41 Å². The number of para-hydroxylation sites is 2. The summed E-state index contributed by atoms with van der Waals surface area (Å²) in [6, 6.07) is 99.3. The Balaban J connectivity index is 0.977. The van der Waals surface area contributed by atoms with E-state index in [1.165, 1.54) is 105 Å². The van der Waals surface area contributed by atoms with E-state index in [9.17, 15) is 0 Å². The minimum absolute atomic E-state index is 0.575. The number of fused-ring (bicyclic) bond motifs is 14. The molecule has 1 spiro atoms. The zero-order valence-corrected chi connectivity index (χ0v) is 38.8. The summed E-state index contributed by atoms with van der Waals surface area (Å²) in [5, 5.41) is 7.61. The third-order valence-electron chi connectivity index (χ3n) is 15.6. The Morgan fingerprint density at radius 2 is 0.901 bits per heavy atom. The van der Waals surface area contributed by atoms with Crippen LogP contribution in [0.25, 0.3) is 93.5 Å². The molecule has 13 aromatic rings. The zero-order chi connectivity index (χ0) is 46.6. The Morgan fingerprint density at radius 1 is 0.310 bits per heavy atom. The van der Waals surface area contributed by atoms with E-state index in [1.807, 2.05) is 0 Å². The van der Waals surface area contributed by atoms with Crippen molar-refractivity contribution in [2.75, 3.05) is 4.90 Å². The third kappa shape index (κ3) is 5.71. The molecular weight excluding hydrogens is 857 g/mol. The molecule has 0 amide bonds. The van der Waals surface area contributed by atoms with Gasteiger partial charge in [0, 0.05) is 33.4 Å². The summed E-state index contributed by atoms with van der Waals surface area (Å²) in [7, 11) is 0. The van der Waals surface area contributed by atoms with E-state index in [0.29, 0.717) is 0 Å². The van der Waals surface area contributed by atoms with E-state index in [0.717, 1.165) is 28.3 Å². The molecule has 0 N–H and O–H groups in total. The smallest absolute Gasteiger partial charge is 0.0726 e. The van der Waals surface area contributed by atoms with Crippen LogP contribution in [0.15, 0.2) is 267 Å². The summed E-state index contributed by atoms with van der Waals surface area (Å²) in [6.45, 7) is 0. The van der Waals surface area contributed by atoms with Gasteiger partial charge in [-0.15, -0.1) is 0 Å². The number of hydrogen-bond acceptors (Lipinski definition) is 1. The highest BCUT2D eigenvalue weighted by molar-refractivity contribution is 6.14. The molecule has 2 heteroatoms. The Kier molecular flexibility index (Phi) is 8.61. The summed E-state index contributed by atoms with van der Waals surface area (Å²) in [4.78, 5) is 2.51. The summed E-state index contributed by atoms with van der Waals surface area (Å²) >= 11 is 0. The van der Waals surface area contributed by atoms with Crippen molar-refractivity contribution in [3.8, 4) is 50.2 Å². The molecule has 0 aliphatic heterocycles. The average molecular weight is 901 g/mol. The Morgan fingerprint density at radius 3 is 1.77 bits per heavy atom.